The molecule has 1 aliphatic rings. The van der Waals surface area contributed by atoms with Crippen LogP contribution >= 0.6 is 0 Å². The molecule has 1 amide bonds. The topological polar surface area (TPSA) is 103 Å². The molecular formula is C25H29N5O3. The third kappa shape index (κ3) is 5.40. The first kappa shape index (κ1) is 22.5. The number of nitrogens with two attached hydrogens (primary N) is 1. The first-order chi connectivity index (χ1) is 16.0. The van der Waals surface area contributed by atoms with E-state index in [9.17, 15) is 4.79 Å². The molecule has 3 aromatic rings. The summed E-state index contributed by atoms with van der Waals surface area (Å²) in [7, 11) is 3.15. The first-order valence-corrected chi connectivity index (χ1v) is 11.1. The summed E-state index contributed by atoms with van der Waals surface area (Å²) >= 11 is 0. The van der Waals surface area contributed by atoms with E-state index < -0.39 is 0 Å². The maximum atomic E-state index is 12.5. The van der Waals surface area contributed by atoms with E-state index in [0.29, 0.717) is 18.1 Å². The molecule has 0 saturated heterocycles. The minimum absolute atomic E-state index is 0.000398. The molecule has 1 aromatic heterocycles. The zero-order chi connectivity index (χ0) is 23.2. The number of rotatable bonds is 7. The van der Waals surface area contributed by atoms with Crippen LogP contribution in [-0.4, -0.2) is 41.1 Å². The lowest BCUT2D eigenvalue weighted by atomic mass is 9.85. The molecular weight excluding hydrogens is 418 g/mol. The van der Waals surface area contributed by atoms with Crippen molar-refractivity contribution < 1.29 is 14.4 Å². The maximum absolute atomic E-state index is 12.5. The van der Waals surface area contributed by atoms with Gasteiger partial charge < -0.3 is 15.8 Å². The molecule has 8 heteroatoms. The van der Waals surface area contributed by atoms with Crippen molar-refractivity contribution in [3.8, 4) is 22.6 Å². The number of carbonyl (C=O) groups excluding carboxylic acids is 1. The van der Waals surface area contributed by atoms with Crippen molar-refractivity contribution in [1.29, 1.82) is 0 Å². The van der Waals surface area contributed by atoms with Crippen LogP contribution in [0.1, 0.15) is 25.7 Å². The second kappa shape index (κ2) is 10.3. The van der Waals surface area contributed by atoms with Crippen molar-refractivity contribution in [3.63, 3.8) is 0 Å². The van der Waals surface area contributed by atoms with Crippen LogP contribution in [-0.2, 0) is 9.63 Å². The Hall–Kier alpha value is -3.65. The molecule has 0 aliphatic heterocycles. The summed E-state index contributed by atoms with van der Waals surface area (Å²) in [5.41, 5.74) is 7.88. The molecule has 0 bridgehead atoms. The van der Waals surface area contributed by atoms with E-state index in [-0.39, 0.29) is 17.9 Å². The minimum Gasteiger partial charge on any atom is -0.457 e. The summed E-state index contributed by atoms with van der Waals surface area (Å²) in [4.78, 5) is 26.3. The SMILES string of the molecule is CON(C)C(=O)[C@@H]1CCC[C@@H](Nc2ncnc(N)c2-c2ccc(Oc3ccccc3)cc2)C1. The second-order valence-corrected chi connectivity index (χ2v) is 8.15. The number of ether oxygens (including phenoxy) is 1. The number of nitrogen functional groups attached to an aromatic ring is 1. The van der Waals surface area contributed by atoms with Gasteiger partial charge in [0.15, 0.2) is 0 Å². The predicted octanol–water partition coefficient (Wildman–Crippen LogP) is 4.51. The Labute approximate surface area is 193 Å². The van der Waals surface area contributed by atoms with Crippen molar-refractivity contribution >= 4 is 17.5 Å². The number of nitrogens with one attached hydrogen (secondary N) is 1. The lowest BCUT2D eigenvalue weighted by Gasteiger charge is -2.31. The summed E-state index contributed by atoms with van der Waals surface area (Å²) in [6, 6.07) is 17.4. The van der Waals surface area contributed by atoms with Gasteiger partial charge in [-0.1, -0.05) is 36.8 Å². The number of carbonyl (C=O) groups is 1. The molecule has 1 heterocycles. The molecule has 0 unspecified atom stereocenters. The van der Waals surface area contributed by atoms with Gasteiger partial charge in [-0.15, -0.1) is 0 Å². The molecule has 1 saturated carbocycles. The van der Waals surface area contributed by atoms with Crippen molar-refractivity contribution in [2.24, 2.45) is 5.92 Å². The van der Waals surface area contributed by atoms with Crippen LogP contribution in [0.15, 0.2) is 60.9 Å². The van der Waals surface area contributed by atoms with Crippen LogP contribution in [0.4, 0.5) is 11.6 Å². The van der Waals surface area contributed by atoms with Crippen molar-refractivity contribution in [2.75, 3.05) is 25.2 Å². The largest absolute Gasteiger partial charge is 0.457 e. The van der Waals surface area contributed by atoms with Crippen LogP contribution in [0.25, 0.3) is 11.1 Å². The van der Waals surface area contributed by atoms with E-state index in [0.717, 1.165) is 41.9 Å². The lowest BCUT2D eigenvalue weighted by molar-refractivity contribution is -0.174. The van der Waals surface area contributed by atoms with Crippen LogP contribution < -0.4 is 15.8 Å². The van der Waals surface area contributed by atoms with Crippen LogP contribution in [0.5, 0.6) is 11.5 Å². The Kier molecular flexibility index (Phi) is 7.04. The highest BCUT2D eigenvalue weighted by atomic mass is 16.7. The normalized spacial score (nSPS) is 17.9. The molecule has 8 nitrogen and oxygen atoms in total. The lowest BCUT2D eigenvalue weighted by Crippen LogP contribution is -2.38. The average molecular weight is 448 g/mol. The number of nitrogens with zero attached hydrogens (tertiary/aromatic N) is 3. The van der Waals surface area contributed by atoms with Gasteiger partial charge in [0.1, 0.15) is 29.5 Å². The van der Waals surface area contributed by atoms with Gasteiger partial charge in [-0.05, 0) is 49.1 Å². The van der Waals surface area contributed by atoms with Crippen molar-refractivity contribution in [3.05, 3.63) is 60.9 Å². The predicted molar refractivity (Wildman–Crippen MR) is 128 cm³/mol. The monoisotopic (exact) mass is 447 g/mol. The third-order valence-corrected chi connectivity index (χ3v) is 5.95. The van der Waals surface area contributed by atoms with Gasteiger partial charge in [-0.25, -0.2) is 15.0 Å². The summed E-state index contributed by atoms with van der Waals surface area (Å²) in [5, 5.41) is 4.82. The number of para-hydroxylation sites is 1. The van der Waals surface area contributed by atoms with Gasteiger partial charge in [0, 0.05) is 19.0 Å². The molecule has 0 spiro atoms. The van der Waals surface area contributed by atoms with E-state index in [2.05, 4.69) is 15.3 Å². The van der Waals surface area contributed by atoms with Gasteiger partial charge in [-0.2, -0.15) is 0 Å². The van der Waals surface area contributed by atoms with Gasteiger partial charge in [-0.3, -0.25) is 9.63 Å². The van der Waals surface area contributed by atoms with Gasteiger partial charge in [0.25, 0.3) is 0 Å². The molecule has 2 aromatic carbocycles. The highest BCUT2D eigenvalue weighted by molar-refractivity contribution is 5.84. The highest BCUT2D eigenvalue weighted by Gasteiger charge is 2.30. The highest BCUT2D eigenvalue weighted by Crippen LogP contribution is 2.35. The fourth-order valence-corrected chi connectivity index (χ4v) is 4.19. The van der Waals surface area contributed by atoms with Crippen molar-refractivity contribution in [1.82, 2.24) is 15.0 Å². The smallest absolute Gasteiger partial charge is 0.249 e. The summed E-state index contributed by atoms with van der Waals surface area (Å²) < 4.78 is 5.89. The number of benzene rings is 2. The average Bonchev–Trinajstić information content (AvgIpc) is 2.85. The molecule has 4 rings (SSSR count). The third-order valence-electron chi connectivity index (χ3n) is 5.95. The molecule has 3 N–H and O–H groups in total. The quantitative estimate of drug-likeness (QED) is 0.514. The summed E-state index contributed by atoms with van der Waals surface area (Å²) in [6.45, 7) is 0. The summed E-state index contributed by atoms with van der Waals surface area (Å²) in [6.07, 6.45) is 4.92. The number of aromatic nitrogens is 2. The van der Waals surface area contributed by atoms with Crippen LogP contribution in [0.2, 0.25) is 0 Å². The van der Waals surface area contributed by atoms with E-state index in [1.807, 2.05) is 54.6 Å². The second-order valence-electron chi connectivity index (χ2n) is 8.15. The zero-order valence-electron chi connectivity index (χ0n) is 18.9. The molecule has 0 radical (unpaired) electrons. The van der Waals surface area contributed by atoms with Gasteiger partial charge in [0.2, 0.25) is 5.91 Å². The molecule has 1 fully saturated rings. The Morgan fingerprint density at radius 3 is 2.52 bits per heavy atom. The first-order valence-electron chi connectivity index (χ1n) is 11.1. The fraction of sp³-hybridized carbons (Fsp3) is 0.320. The molecule has 33 heavy (non-hydrogen) atoms. The maximum Gasteiger partial charge on any atom is 0.249 e. The van der Waals surface area contributed by atoms with Gasteiger partial charge >= 0.3 is 0 Å². The number of hydroxylamine groups is 2. The molecule has 172 valence electrons. The summed E-state index contributed by atoms with van der Waals surface area (Å²) in [5.74, 6) is 2.48. The zero-order valence-corrected chi connectivity index (χ0v) is 18.9. The Morgan fingerprint density at radius 2 is 1.79 bits per heavy atom. The van der Waals surface area contributed by atoms with Crippen LogP contribution in [0.3, 0.4) is 0 Å². The minimum atomic E-state index is -0.0850. The van der Waals surface area contributed by atoms with E-state index >= 15 is 0 Å². The van der Waals surface area contributed by atoms with E-state index in [1.165, 1.54) is 18.5 Å². The number of hydrogen-bond acceptors (Lipinski definition) is 7. The number of anilines is 2. The Balaban J connectivity index is 1.51. The molecule has 2 atom stereocenters. The molecule has 1 aliphatic carbocycles. The van der Waals surface area contributed by atoms with E-state index in [4.69, 9.17) is 15.3 Å². The standard InChI is InChI=1S/C25H29N5O3/c1-30(32-2)25(31)18-7-6-8-19(15-18)29-24-22(23(26)27-16-28-24)17-11-13-21(14-12-17)33-20-9-4-3-5-10-20/h3-5,9-14,16,18-19H,6-8,15H2,1-2H3,(H3,26,27,28,29)/t18-,19-/m1/s1. The Morgan fingerprint density at radius 1 is 1.06 bits per heavy atom. The number of amides is 1. The number of hydrogen-bond donors (Lipinski definition) is 2. The van der Waals surface area contributed by atoms with Crippen LogP contribution in [0, 0.1) is 5.92 Å². The Bertz CT molecular complexity index is 1080. The van der Waals surface area contributed by atoms with E-state index in [1.54, 1.807) is 7.05 Å². The fourth-order valence-electron chi connectivity index (χ4n) is 4.19. The van der Waals surface area contributed by atoms with Gasteiger partial charge in [0.05, 0.1) is 12.7 Å². The van der Waals surface area contributed by atoms with Crippen molar-refractivity contribution in [2.45, 2.75) is 31.7 Å².